The van der Waals surface area contributed by atoms with Gasteiger partial charge in [-0.05, 0) is 23.8 Å². The number of nitrogens with one attached hydrogen (secondary N) is 1. The molecule has 2 atom stereocenters. The van der Waals surface area contributed by atoms with Crippen molar-refractivity contribution in [3.05, 3.63) is 35.9 Å². The topological polar surface area (TPSA) is 58.6 Å². The van der Waals surface area contributed by atoms with Crippen LogP contribution in [0.15, 0.2) is 30.3 Å². The summed E-state index contributed by atoms with van der Waals surface area (Å²) in [6, 6.07) is 9.73. The summed E-state index contributed by atoms with van der Waals surface area (Å²) >= 11 is 0. The zero-order valence-corrected chi connectivity index (χ0v) is 14.0. The number of hydrogen-bond donors (Lipinski definition) is 2. The molecule has 1 fully saturated rings. The molecule has 4 heteroatoms. The van der Waals surface area contributed by atoms with E-state index in [2.05, 4.69) is 12.4 Å². The van der Waals surface area contributed by atoms with Crippen molar-refractivity contribution in [2.75, 3.05) is 6.61 Å². The summed E-state index contributed by atoms with van der Waals surface area (Å²) in [5, 5.41) is 9.75. The van der Waals surface area contributed by atoms with Crippen molar-refractivity contribution in [2.24, 2.45) is 17.8 Å². The van der Waals surface area contributed by atoms with Gasteiger partial charge in [0.25, 0.3) is 0 Å². The minimum Gasteiger partial charge on any atom is -0.396 e. The molecule has 0 radical (unpaired) electrons. The molecule has 0 heterocycles. The van der Waals surface area contributed by atoms with Gasteiger partial charge in [0.2, 0.25) is 5.91 Å². The first-order chi connectivity index (χ1) is 11.3. The van der Waals surface area contributed by atoms with Crippen molar-refractivity contribution >= 4 is 5.91 Å². The van der Waals surface area contributed by atoms with Crippen LogP contribution in [0.2, 0.25) is 0 Å². The van der Waals surface area contributed by atoms with Crippen molar-refractivity contribution in [1.82, 2.24) is 5.48 Å². The Morgan fingerprint density at radius 2 is 2.00 bits per heavy atom. The molecule has 2 rings (SSSR count). The van der Waals surface area contributed by atoms with E-state index in [0.717, 1.165) is 18.4 Å². The monoisotopic (exact) mass is 319 g/mol. The summed E-state index contributed by atoms with van der Waals surface area (Å²) in [6.07, 6.45) is 6.88. The van der Waals surface area contributed by atoms with E-state index in [4.69, 9.17) is 4.84 Å². The lowest BCUT2D eigenvalue weighted by molar-refractivity contribution is -0.143. The van der Waals surface area contributed by atoms with E-state index in [1.165, 1.54) is 25.7 Å². The van der Waals surface area contributed by atoms with Crippen LogP contribution in [-0.4, -0.2) is 17.6 Å². The summed E-state index contributed by atoms with van der Waals surface area (Å²) in [7, 11) is 0. The maximum atomic E-state index is 12.4. The summed E-state index contributed by atoms with van der Waals surface area (Å²) < 4.78 is 0. The molecule has 0 saturated heterocycles. The molecular formula is C19H29NO3. The van der Waals surface area contributed by atoms with E-state index in [1.807, 2.05) is 30.3 Å². The van der Waals surface area contributed by atoms with Gasteiger partial charge < -0.3 is 5.11 Å². The highest BCUT2D eigenvalue weighted by Crippen LogP contribution is 2.38. The maximum absolute atomic E-state index is 12.4. The molecule has 2 N–H and O–H groups in total. The van der Waals surface area contributed by atoms with Crippen molar-refractivity contribution in [2.45, 2.75) is 52.1 Å². The fourth-order valence-electron chi connectivity index (χ4n) is 3.74. The molecule has 0 unspecified atom stereocenters. The van der Waals surface area contributed by atoms with Gasteiger partial charge in [-0.25, -0.2) is 5.48 Å². The number of aliphatic hydroxyl groups is 1. The molecule has 1 saturated carbocycles. The van der Waals surface area contributed by atoms with Crippen molar-refractivity contribution in [3.8, 4) is 0 Å². The summed E-state index contributed by atoms with van der Waals surface area (Å²) in [5.41, 5.74) is 3.55. The van der Waals surface area contributed by atoms with E-state index >= 15 is 0 Å². The minimum atomic E-state index is -0.367. The molecular weight excluding hydrogens is 290 g/mol. The fourth-order valence-corrected chi connectivity index (χ4v) is 3.74. The highest BCUT2D eigenvalue weighted by atomic mass is 16.6. The van der Waals surface area contributed by atoms with Gasteiger partial charge >= 0.3 is 0 Å². The highest BCUT2D eigenvalue weighted by Gasteiger charge is 2.34. The van der Waals surface area contributed by atoms with Crippen LogP contribution < -0.4 is 5.48 Å². The smallest absolute Gasteiger partial charge is 0.249 e. The van der Waals surface area contributed by atoms with E-state index in [0.29, 0.717) is 12.5 Å². The third-order valence-corrected chi connectivity index (χ3v) is 4.93. The van der Waals surface area contributed by atoms with E-state index in [1.54, 1.807) is 0 Å². The maximum Gasteiger partial charge on any atom is 0.249 e. The Morgan fingerprint density at radius 3 is 2.61 bits per heavy atom. The third kappa shape index (κ3) is 5.33. The minimum absolute atomic E-state index is 0.109. The van der Waals surface area contributed by atoms with Gasteiger partial charge in [-0.2, -0.15) is 0 Å². The number of rotatable bonds is 9. The normalized spacial score (nSPS) is 17.8. The quantitative estimate of drug-likeness (QED) is 0.685. The van der Waals surface area contributed by atoms with Crippen LogP contribution in [0, 0.1) is 17.8 Å². The fraction of sp³-hybridized carbons (Fsp3) is 0.632. The molecule has 1 amide bonds. The van der Waals surface area contributed by atoms with E-state index in [-0.39, 0.29) is 24.3 Å². The molecule has 0 bridgehead atoms. The number of hydrogen-bond acceptors (Lipinski definition) is 3. The average molecular weight is 319 g/mol. The van der Waals surface area contributed by atoms with Crippen LogP contribution in [0.4, 0.5) is 0 Å². The predicted octanol–water partition coefficient (Wildman–Crippen LogP) is 3.45. The highest BCUT2D eigenvalue weighted by molar-refractivity contribution is 5.78. The molecule has 1 aliphatic carbocycles. The SMILES string of the molecule is CCC[C@@H](C1CCCC1)[C@H](CO)C(=O)NOCc1ccccc1. The molecule has 4 nitrogen and oxygen atoms in total. The Bertz CT molecular complexity index is 457. The standard InChI is InChI=1S/C19H29NO3/c1-2-8-17(16-11-6-7-12-16)18(13-21)19(22)20-23-14-15-9-4-3-5-10-15/h3-5,9-10,16-18,21H,2,6-8,11-14H2,1H3,(H,20,22)/t17-,18-/m0/s1. The third-order valence-electron chi connectivity index (χ3n) is 4.93. The molecule has 1 aromatic carbocycles. The number of carbonyl (C=O) groups excluding carboxylic acids is 1. The average Bonchev–Trinajstić information content (AvgIpc) is 3.10. The van der Waals surface area contributed by atoms with Gasteiger partial charge in [-0.1, -0.05) is 69.4 Å². The lowest BCUT2D eigenvalue weighted by Crippen LogP contribution is -2.39. The predicted molar refractivity (Wildman–Crippen MR) is 90.3 cm³/mol. The Labute approximate surface area is 139 Å². The zero-order chi connectivity index (χ0) is 16.5. The molecule has 0 aliphatic heterocycles. The van der Waals surface area contributed by atoms with Gasteiger partial charge in [-0.15, -0.1) is 0 Å². The molecule has 23 heavy (non-hydrogen) atoms. The van der Waals surface area contributed by atoms with Gasteiger partial charge in [-0.3, -0.25) is 9.63 Å². The van der Waals surface area contributed by atoms with Crippen molar-refractivity contribution in [3.63, 3.8) is 0 Å². The van der Waals surface area contributed by atoms with Gasteiger partial charge in [0.15, 0.2) is 0 Å². The number of hydroxylamine groups is 1. The van der Waals surface area contributed by atoms with Crippen LogP contribution in [0.25, 0.3) is 0 Å². The number of amides is 1. The second-order valence-electron chi connectivity index (χ2n) is 6.53. The molecule has 1 aromatic rings. The Kier molecular flexibility index (Phi) is 7.56. The van der Waals surface area contributed by atoms with Crippen molar-refractivity contribution in [1.29, 1.82) is 0 Å². The van der Waals surface area contributed by atoms with Crippen LogP contribution in [0.1, 0.15) is 51.0 Å². The largest absolute Gasteiger partial charge is 0.396 e. The second kappa shape index (κ2) is 9.68. The molecule has 0 spiro atoms. The number of aliphatic hydroxyl groups excluding tert-OH is 1. The Morgan fingerprint density at radius 1 is 1.30 bits per heavy atom. The second-order valence-corrected chi connectivity index (χ2v) is 6.53. The van der Waals surface area contributed by atoms with Gasteiger partial charge in [0.05, 0.1) is 19.1 Å². The summed E-state index contributed by atoms with van der Waals surface area (Å²) in [6.45, 7) is 2.37. The van der Waals surface area contributed by atoms with Crippen LogP contribution in [0.5, 0.6) is 0 Å². The number of carbonyl (C=O) groups is 1. The first-order valence-electron chi connectivity index (χ1n) is 8.82. The lowest BCUT2D eigenvalue weighted by Gasteiger charge is -2.29. The van der Waals surface area contributed by atoms with Crippen LogP contribution in [-0.2, 0) is 16.2 Å². The zero-order valence-electron chi connectivity index (χ0n) is 14.0. The van der Waals surface area contributed by atoms with Crippen LogP contribution in [0.3, 0.4) is 0 Å². The van der Waals surface area contributed by atoms with Gasteiger partial charge in [0.1, 0.15) is 0 Å². The van der Waals surface area contributed by atoms with Crippen molar-refractivity contribution < 1.29 is 14.7 Å². The first kappa shape index (κ1) is 18.0. The van der Waals surface area contributed by atoms with Crippen LogP contribution >= 0.6 is 0 Å². The molecule has 0 aromatic heterocycles. The Balaban J connectivity index is 1.87. The Hall–Kier alpha value is -1.39. The molecule has 1 aliphatic rings. The molecule has 128 valence electrons. The summed E-state index contributed by atoms with van der Waals surface area (Å²) in [5.74, 6) is 0.266. The first-order valence-corrected chi connectivity index (χ1v) is 8.82. The van der Waals surface area contributed by atoms with E-state index in [9.17, 15) is 9.90 Å². The summed E-state index contributed by atoms with van der Waals surface area (Å²) in [4.78, 5) is 17.8. The lowest BCUT2D eigenvalue weighted by atomic mass is 9.77. The number of benzene rings is 1. The van der Waals surface area contributed by atoms with Gasteiger partial charge in [0, 0.05) is 0 Å². The van der Waals surface area contributed by atoms with E-state index < -0.39 is 0 Å².